The second kappa shape index (κ2) is 7.05. The fraction of sp³-hybridized carbons (Fsp3) is 0.562. The number of piperazine rings is 1. The van der Waals surface area contributed by atoms with Crippen LogP contribution in [0, 0.1) is 11.3 Å². The molecule has 0 radical (unpaired) electrons. The number of hydrogen-bond acceptors (Lipinski definition) is 5. The van der Waals surface area contributed by atoms with Crippen molar-refractivity contribution >= 4 is 23.5 Å². The molecule has 0 aromatic carbocycles. The summed E-state index contributed by atoms with van der Waals surface area (Å²) in [4.78, 5) is 20.2. The Morgan fingerprint density at radius 2 is 2.22 bits per heavy atom. The van der Waals surface area contributed by atoms with Gasteiger partial charge in [0, 0.05) is 25.8 Å². The highest BCUT2D eigenvalue weighted by Crippen LogP contribution is 2.22. The molecule has 1 atom stereocenters. The summed E-state index contributed by atoms with van der Waals surface area (Å²) in [6, 6.07) is 5.67. The van der Waals surface area contributed by atoms with E-state index < -0.39 is 5.60 Å². The SMILES string of the molecule is CC(C)(C)OC(=O)N1CCN(c2ccc(Cl)cn2)[C@@H](CC#N)C1. The molecule has 1 fully saturated rings. The number of rotatable bonds is 2. The Morgan fingerprint density at radius 1 is 1.48 bits per heavy atom. The van der Waals surface area contributed by atoms with Crippen molar-refractivity contribution in [1.29, 1.82) is 5.26 Å². The highest BCUT2D eigenvalue weighted by molar-refractivity contribution is 6.30. The highest BCUT2D eigenvalue weighted by Gasteiger charge is 2.32. The van der Waals surface area contributed by atoms with Crippen molar-refractivity contribution in [1.82, 2.24) is 9.88 Å². The van der Waals surface area contributed by atoms with Gasteiger partial charge >= 0.3 is 6.09 Å². The van der Waals surface area contributed by atoms with Gasteiger partial charge in [-0.2, -0.15) is 5.26 Å². The number of carbonyl (C=O) groups excluding carboxylic acids is 1. The molecule has 0 saturated carbocycles. The Balaban J connectivity index is 2.10. The first-order valence-electron chi connectivity index (χ1n) is 7.53. The van der Waals surface area contributed by atoms with E-state index in [1.165, 1.54) is 0 Å². The minimum Gasteiger partial charge on any atom is -0.444 e. The molecule has 7 heteroatoms. The van der Waals surface area contributed by atoms with Crippen LogP contribution >= 0.6 is 11.6 Å². The van der Waals surface area contributed by atoms with Crippen LogP contribution in [-0.4, -0.2) is 47.3 Å². The van der Waals surface area contributed by atoms with E-state index in [9.17, 15) is 4.79 Å². The minimum atomic E-state index is -0.531. The molecular formula is C16H21ClN4O2. The summed E-state index contributed by atoms with van der Waals surface area (Å²) in [5.74, 6) is 0.762. The van der Waals surface area contributed by atoms with Crippen molar-refractivity contribution in [3.63, 3.8) is 0 Å². The van der Waals surface area contributed by atoms with E-state index >= 15 is 0 Å². The van der Waals surface area contributed by atoms with Gasteiger partial charge < -0.3 is 14.5 Å². The molecule has 1 saturated heterocycles. The molecule has 1 aromatic rings. The number of aromatic nitrogens is 1. The third kappa shape index (κ3) is 4.73. The van der Waals surface area contributed by atoms with Crippen LogP contribution in [0.5, 0.6) is 0 Å². The largest absolute Gasteiger partial charge is 0.444 e. The number of amides is 1. The number of nitrogens with zero attached hydrogens (tertiary/aromatic N) is 4. The summed E-state index contributed by atoms with van der Waals surface area (Å²) in [5, 5.41) is 9.65. The lowest BCUT2D eigenvalue weighted by molar-refractivity contribution is 0.0215. The van der Waals surface area contributed by atoms with Gasteiger partial charge in [-0.1, -0.05) is 11.6 Å². The van der Waals surface area contributed by atoms with Gasteiger partial charge in [0.05, 0.1) is 23.6 Å². The van der Waals surface area contributed by atoms with Crippen LogP contribution in [0.25, 0.3) is 0 Å². The monoisotopic (exact) mass is 336 g/mol. The van der Waals surface area contributed by atoms with Crippen molar-refractivity contribution in [2.45, 2.75) is 38.8 Å². The number of nitriles is 1. The highest BCUT2D eigenvalue weighted by atomic mass is 35.5. The summed E-state index contributed by atoms with van der Waals surface area (Å²) in [5.41, 5.74) is -0.531. The molecule has 0 N–H and O–H groups in total. The lowest BCUT2D eigenvalue weighted by Crippen LogP contribution is -2.55. The van der Waals surface area contributed by atoms with Gasteiger partial charge in [-0.15, -0.1) is 0 Å². The van der Waals surface area contributed by atoms with Crippen molar-refractivity contribution < 1.29 is 9.53 Å². The van der Waals surface area contributed by atoms with E-state index in [0.29, 0.717) is 31.1 Å². The first-order valence-corrected chi connectivity index (χ1v) is 7.91. The molecule has 0 unspecified atom stereocenters. The normalized spacial score (nSPS) is 18.5. The van der Waals surface area contributed by atoms with Crippen molar-refractivity contribution in [2.75, 3.05) is 24.5 Å². The number of pyridine rings is 1. The van der Waals surface area contributed by atoms with E-state index in [0.717, 1.165) is 5.82 Å². The first-order chi connectivity index (χ1) is 10.8. The summed E-state index contributed by atoms with van der Waals surface area (Å²) >= 11 is 5.87. The van der Waals surface area contributed by atoms with E-state index in [1.807, 2.05) is 31.7 Å². The fourth-order valence-corrected chi connectivity index (χ4v) is 2.58. The van der Waals surface area contributed by atoms with E-state index in [2.05, 4.69) is 11.1 Å². The molecule has 1 aliphatic rings. The Hall–Kier alpha value is -2.00. The van der Waals surface area contributed by atoms with Gasteiger partial charge in [0.25, 0.3) is 0 Å². The van der Waals surface area contributed by atoms with Crippen LogP contribution in [0.3, 0.4) is 0 Å². The molecule has 6 nitrogen and oxygen atoms in total. The van der Waals surface area contributed by atoms with Crippen molar-refractivity contribution in [3.05, 3.63) is 23.4 Å². The van der Waals surface area contributed by atoms with Crippen LogP contribution in [0.15, 0.2) is 18.3 Å². The van der Waals surface area contributed by atoms with Crippen LogP contribution < -0.4 is 4.90 Å². The third-order valence-corrected chi connectivity index (χ3v) is 3.69. The molecule has 124 valence electrons. The van der Waals surface area contributed by atoms with Gasteiger partial charge in [0.1, 0.15) is 11.4 Å². The molecule has 0 bridgehead atoms. The van der Waals surface area contributed by atoms with Gasteiger partial charge in [0.15, 0.2) is 0 Å². The zero-order valence-corrected chi connectivity index (χ0v) is 14.4. The standard InChI is InChI=1S/C16H21ClN4O2/c1-16(2,3)23-15(22)20-8-9-21(13(11-20)6-7-18)14-5-4-12(17)10-19-14/h4-5,10,13H,6,8-9,11H2,1-3H3/t13-/m0/s1. The van der Waals surface area contributed by atoms with Gasteiger partial charge in [0.2, 0.25) is 0 Å². The maximum atomic E-state index is 12.2. The maximum Gasteiger partial charge on any atom is 0.410 e. The van der Waals surface area contributed by atoms with Crippen molar-refractivity contribution in [3.8, 4) is 6.07 Å². The summed E-state index contributed by atoms with van der Waals surface area (Å²) in [6.45, 7) is 7.08. The first kappa shape index (κ1) is 17.4. The topological polar surface area (TPSA) is 69.5 Å². The summed E-state index contributed by atoms with van der Waals surface area (Å²) in [7, 11) is 0. The molecule has 0 aliphatic carbocycles. The predicted octanol–water partition coefficient (Wildman–Crippen LogP) is 3.07. The average molecular weight is 337 g/mol. The predicted molar refractivity (Wildman–Crippen MR) is 88.4 cm³/mol. The van der Waals surface area contributed by atoms with Crippen LogP contribution in [0.2, 0.25) is 5.02 Å². The maximum absolute atomic E-state index is 12.2. The number of anilines is 1. The minimum absolute atomic E-state index is 0.116. The third-order valence-electron chi connectivity index (χ3n) is 3.47. The Morgan fingerprint density at radius 3 is 2.78 bits per heavy atom. The molecule has 0 spiro atoms. The van der Waals surface area contributed by atoms with E-state index in [-0.39, 0.29) is 12.1 Å². The van der Waals surface area contributed by atoms with E-state index in [1.54, 1.807) is 17.2 Å². The van der Waals surface area contributed by atoms with Crippen LogP contribution in [0.1, 0.15) is 27.2 Å². The number of ether oxygens (including phenoxy) is 1. The molecule has 2 heterocycles. The fourth-order valence-electron chi connectivity index (χ4n) is 2.47. The smallest absolute Gasteiger partial charge is 0.410 e. The summed E-state index contributed by atoms with van der Waals surface area (Å²) in [6.07, 6.45) is 1.55. The van der Waals surface area contributed by atoms with Gasteiger partial charge in [-0.25, -0.2) is 9.78 Å². The van der Waals surface area contributed by atoms with E-state index in [4.69, 9.17) is 21.6 Å². The lowest BCUT2D eigenvalue weighted by atomic mass is 10.1. The lowest BCUT2D eigenvalue weighted by Gasteiger charge is -2.41. The van der Waals surface area contributed by atoms with Crippen molar-refractivity contribution in [2.24, 2.45) is 0 Å². The second-order valence-electron chi connectivity index (χ2n) is 6.47. The zero-order valence-electron chi connectivity index (χ0n) is 13.6. The molecule has 2 rings (SSSR count). The Kier molecular flexibility index (Phi) is 5.32. The zero-order chi connectivity index (χ0) is 17.0. The Bertz CT molecular complexity index is 592. The Labute approximate surface area is 141 Å². The molecule has 1 aliphatic heterocycles. The summed E-state index contributed by atoms with van der Waals surface area (Å²) < 4.78 is 5.41. The number of carbonyl (C=O) groups is 1. The molecule has 1 amide bonds. The number of halogens is 1. The van der Waals surface area contributed by atoms with Gasteiger partial charge in [-0.05, 0) is 32.9 Å². The van der Waals surface area contributed by atoms with Crippen LogP contribution in [0.4, 0.5) is 10.6 Å². The van der Waals surface area contributed by atoms with Gasteiger partial charge in [-0.3, -0.25) is 0 Å². The van der Waals surface area contributed by atoms with Crippen LogP contribution in [-0.2, 0) is 4.74 Å². The number of hydrogen-bond donors (Lipinski definition) is 0. The average Bonchev–Trinajstić information content (AvgIpc) is 2.47. The molecule has 23 heavy (non-hydrogen) atoms. The molecule has 1 aromatic heterocycles. The second-order valence-corrected chi connectivity index (χ2v) is 6.91. The molecular weight excluding hydrogens is 316 g/mol. The quantitative estimate of drug-likeness (QED) is 0.830.